The summed E-state index contributed by atoms with van der Waals surface area (Å²) < 4.78 is 3.11. The number of thioether (sulfide) groups is 1. The summed E-state index contributed by atoms with van der Waals surface area (Å²) in [5, 5.41) is 13.1. The molecule has 3 aromatic rings. The van der Waals surface area contributed by atoms with E-state index < -0.39 is 0 Å². The minimum Gasteiger partial charge on any atom is -0.324 e. The number of hydrogen-bond donors (Lipinski definition) is 1. The maximum absolute atomic E-state index is 12.3. The SMILES string of the molecule is CCc1sc(-c2nnc(SCC(=O)Nc3cc(Cl)ccc3Cl)n2CC)cc1Br. The average molecular weight is 520 g/mol. The lowest BCUT2D eigenvalue weighted by molar-refractivity contribution is -0.113. The number of thiophene rings is 1. The topological polar surface area (TPSA) is 59.8 Å². The van der Waals surface area contributed by atoms with Crippen LogP contribution >= 0.6 is 62.2 Å². The van der Waals surface area contributed by atoms with Gasteiger partial charge in [0.15, 0.2) is 11.0 Å². The van der Waals surface area contributed by atoms with Crippen molar-refractivity contribution in [1.82, 2.24) is 14.8 Å². The second kappa shape index (κ2) is 9.63. The Kier molecular flexibility index (Phi) is 7.44. The molecule has 0 spiro atoms. The summed E-state index contributed by atoms with van der Waals surface area (Å²) in [5.41, 5.74) is 0.493. The number of rotatable bonds is 7. The van der Waals surface area contributed by atoms with Crippen molar-refractivity contribution in [2.24, 2.45) is 0 Å². The quantitative estimate of drug-likeness (QED) is 0.367. The van der Waals surface area contributed by atoms with Crippen LogP contribution in [0, 0.1) is 0 Å². The fourth-order valence-electron chi connectivity index (χ4n) is 2.53. The fourth-order valence-corrected chi connectivity index (χ4v) is 5.56. The molecular formula is C18H17BrCl2N4OS2. The van der Waals surface area contributed by atoms with Gasteiger partial charge in [0, 0.05) is 20.9 Å². The summed E-state index contributed by atoms with van der Waals surface area (Å²) in [5.74, 6) is 0.817. The van der Waals surface area contributed by atoms with Gasteiger partial charge in [-0.1, -0.05) is 41.9 Å². The lowest BCUT2D eigenvalue weighted by Crippen LogP contribution is -2.15. The van der Waals surface area contributed by atoms with Crippen molar-refractivity contribution in [3.8, 4) is 10.7 Å². The molecule has 0 radical (unpaired) electrons. The molecule has 3 rings (SSSR count). The van der Waals surface area contributed by atoms with Gasteiger partial charge in [-0.15, -0.1) is 21.5 Å². The van der Waals surface area contributed by atoms with Crippen LogP contribution in [0.4, 0.5) is 5.69 Å². The van der Waals surface area contributed by atoms with Crippen LogP contribution in [0.2, 0.25) is 10.0 Å². The Balaban J connectivity index is 1.71. The summed E-state index contributed by atoms with van der Waals surface area (Å²) in [6.45, 7) is 4.87. The van der Waals surface area contributed by atoms with Crippen LogP contribution in [0.25, 0.3) is 10.7 Å². The molecule has 5 nitrogen and oxygen atoms in total. The number of amides is 1. The van der Waals surface area contributed by atoms with Gasteiger partial charge in [0.1, 0.15) is 0 Å². The third kappa shape index (κ3) is 4.91. The van der Waals surface area contributed by atoms with Crippen molar-refractivity contribution in [1.29, 1.82) is 0 Å². The number of aromatic nitrogens is 3. The van der Waals surface area contributed by atoms with Crippen LogP contribution in [0.15, 0.2) is 33.9 Å². The second-order valence-corrected chi connectivity index (χ2v) is 9.52. The minimum atomic E-state index is -0.187. The Bertz CT molecular complexity index is 1010. The highest BCUT2D eigenvalue weighted by atomic mass is 79.9. The van der Waals surface area contributed by atoms with E-state index in [-0.39, 0.29) is 11.7 Å². The second-order valence-electron chi connectivity index (χ2n) is 5.75. The van der Waals surface area contributed by atoms with Crippen LogP contribution in [0.5, 0.6) is 0 Å². The van der Waals surface area contributed by atoms with Crippen molar-refractivity contribution in [3.05, 3.63) is 43.7 Å². The summed E-state index contributed by atoms with van der Waals surface area (Å²) >= 11 is 18.7. The van der Waals surface area contributed by atoms with Crippen molar-refractivity contribution < 1.29 is 4.79 Å². The van der Waals surface area contributed by atoms with Gasteiger partial charge in [-0.3, -0.25) is 4.79 Å². The molecule has 0 aliphatic heterocycles. The molecule has 10 heteroatoms. The fraction of sp³-hybridized carbons (Fsp3) is 0.278. The van der Waals surface area contributed by atoms with Crippen LogP contribution in [0.3, 0.4) is 0 Å². The lowest BCUT2D eigenvalue weighted by Gasteiger charge is -2.08. The van der Waals surface area contributed by atoms with Crippen molar-refractivity contribution in [2.45, 2.75) is 32.0 Å². The highest BCUT2D eigenvalue weighted by Gasteiger charge is 2.18. The average Bonchev–Trinajstić information content (AvgIpc) is 3.25. The molecule has 0 aliphatic rings. The van der Waals surface area contributed by atoms with Crippen LogP contribution in [-0.2, 0) is 17.8 Å². The van der Waals surface area contributed by atoms with Gasteiger partial charge in [-0.25, -0.2) is 0 Å². The summed E-state index contributed by atoms with van der Waals surface area (Å²) in [6, 6.07) is 7.02. The molecule has 1 N–H and O–H groups in total. The normalized spacial score (nSPS) is 11.0. The molecule has 28 heavy (non-hydrogen) atoms. The highest BCUT2D eigenvalue weighted by molar-refractivity contribution is 9.10. The Labute approximate surface area is 190 Å². The molecule has 0 saturated heterocycles. The third-order valence-electron chi connectivity index (χ3n) is 3.87. The molecule has 1 amide bonds. The Hall–Kier alpha value is -1.06. The van der Waals surface area contributed by atoms with Crippen LogP contribution in [-0.4, -0.2) is 26.4 Å². The molecule has 0 atom stereocenters. The first-order chi connectivity index (χ1) is 13.4. The largest absolute Gasteiger partial charge is 0.324 e. The lowest BCUT2D eigenvalue weighted by atomic mass is 10.3. The van der Waals surface area contributed by atoms with E-state index in [1.807, 2.05) is 11.5 Å². The van der Waals surface area contributed by atoms with E-state index in [1.54, 1.807) is 29.5 Å². The molecule has 2 aromatic heterocycles. The number of aryl methyl sites for hydroxylation is 1. The maximum atomic E-state index is 12.3. The van der Waals surface area contributed by atoms with Crippen LogP contribution < -0.4 is 5.32 Å². The molecule has 2 heterocycles. The van der Waals surface area contributed by atoms with E-state index in [4.69, 9.17) is 23.2 Å². The predicted octanol–water partition coefficient (Wildman–Crippen LogP) is 6.39. The zero-order chi connectivity index (χ0) is 20.3. The van der Waals surface area contributed by atoms with E-state index in [0.717, 1.165) is 21.6 Å². The number of anilines is 1. The zero-order valence-electron chi connectivity index (χ0n) is 15.1. The highest BCUT2D eigenvalue weighted by Crippen LogP contribution is 2.35. The molecule has 0 saturated carbocycles. The Morgan fingerprint density at radius 2 is 2.07 bits per heavy atom. The first-order valence-corrected chi connectivity index (χ1v) is 11.9. The Morgan fingerprint density at radius 1 is 1.29 bits per heavy atom. The van der Waals surface area contributed by atoms with Gasteiger partial charge < -0.3 is 9.88 Å². The third-order valence-corrected chi connectivity index (χ3v) is 7.64. The van der Waals surface area contributed by atoms with Crippen LogP contribution in [0.1, 0.15) is 18.7 Å². The summed E-state index contributed by atoms with van der Waals surface area (Å²) in [6.07, 6.45) is 0.958. The predicted molar refractivity (Wildman–Crippen MR) is 122 cm³/mol. The van der Waals surface area contributed by atoms with Gasteiger partial charge in [0.05, 0.1) is 21.3 Å². The van der Waals surface area contributed by atoms with Crippen molar-refractivity contribution in [2.75, 3.05) is 11.1 Å². The number of nitrogens with one attached hydrogen (secondary N) is 1. The van der Waals surface area contributed by atoms with Gasteiger partial charge in [0.2, 0.25) is 5.91 Å². The number of hydrogen-bond acceptors (Lipinski definition) is 5. The van der Waals surface area contributed by atoms with Gasteiger partial charge in [0.25, 0.3) is 0 Å². The minimum absolute atomic E-state index is 0.187. The van der Waals surface area contributed by atoms with Gasteiger partial charge in [-0.2, -0.15) is 0 Å². The zero-order valence-corrected chi connectivity index (χ0v) is 19.9. The van der Waals surface area contributed by atoms with E-state index in [1.165, 1.54) is 16.6 Å². The summed E-state index contributed by atoms with van der Waals surface area (Å²) in [7, 11) is 0. The first-order valence-electron chi connectivity index (χ1n) is 8.52. The van der Waals surface area contributed by atoms with E-state index in [9.17, 15) is 4.79 Å². The number of nitrogens with zero attached hydrogens (tertiary/aromatic N) is 3. The number of benzene rings is 1. The maximum Gasteiger partial charge on any atom is 0.234 e. The first kappa shape index (κ1) is 21.6. The van der Waals surface area contributed by atoms with Crippen molar-refractivity contribution >= 4 is 73.8 Å². The monoisotopic (exact) mass is 518 g/mol. The molecule has 0 aliphatic carbocycles. The molecule has 0 fully saturated rings. The molecule has 148 valence electrons. The smallest absolute Gasteiger partial charge is 0.234 e. The summed E-state index contributed by atoms with van der Waals surface area (Å²) in [4.78, 5) is 14.6. The van der Waals surface area contributed by atoms with E-state index >= 15 is 0 Å². The van der Waals surface area contributed by atoms with Gasteiger partial charge >= 0.3 is 0 Å². The van der Waals surface area contributed by atoms with Crippen molar-refractivity contribution in [3.63, 3.8) is 0 Å². The number of carbonyl (C=O) groups excluding carboxylic acids is 1. The molecule has 1 aromatic carbocycles. The molecule has 0 unspecified atom stereocenters. The standard InChI is InChI=1S/C18H17BrCl2N4OS2/c1-3-14-11(19)8-15(28-14)17-23-24-18(25(17)4-2)27-9-16(26)22-13-7-10(20)5-6-12(13)21/h5-8H,3-4,9H2,1-2H3,(H,22,26). The van der Waals surface area contributed by atoms with E-state index in [0.29, 0.717) is 27.4 Å². The van der Waals surface area contributed by atoms with Gasteiger partial charge in [-0.05, 0) is 53.5 Å². The number of halogens is 3. The molecular weight excluding hydrogens is 503 g/mol. The Morgan fingerprint density at radius 3 is 2.75 bits per heavy atom. The number of carbonyl (C=O) groups is 1. The van der Waals surface area contributed by atoms with E-state index in [2.05, 4.69) is 44.4 Å². The molecule has 0 bridgehead atoms.